The number of aryl methyl sites for hydroxylation is 1. The minimum absolute atomic E-state index is 0.00574. The van der Waals surface area contributed by atoms with E-state index in [1.807, 2.05) is 13.0 Å². The summed E-state index contributed by atoms with van der Waals surface area (Å²) in [6.07, 6.45) is 4.71. The number of pyridine rings is 1. The number of amides is 2. The number of benzene rings is 1. The van der Waals surface area contributed by atoms with Crippen molar-refractivity contribution in [3.8, 4) is 11.1 Å². The maximum atomic E-state index is 14.7. The first kappa shape index (κ1) is 18.0. The van der Waals surface area contributed by atoms with Crippen molar-refractivity contribution in [2.75, 3.05) is 11.9 Å². The van der Waals surface area contributed by atoms with Crippen molar-refractivity contribution < 1.29 is 14.0 Å². The fraction of sp³-hybridized carbons (Fsp3) is 0.350. The first-order valence-corrected chi connectivity index (χ1v) is 8.74. The summed E-state index contributed by atoms with van der Waals surface area (Å²) < 4.78 is 14.7. The monoisotopic (exact) mass is 355 g/mol. The molecule has 3 rings (SSSR count). The van der Waals surface area contributed by atoms with Gasteiger partial charge in [-0.3, -0.25) is 14.6 Å². The highest BCUT2D eigenvalue weighted by molar-refractivity contribution is 5.96. The minimum atomic E-state index is -0.394. The third-order valence-electron chi connectivity index (χ3n) is 4.78. The second kappa shape index (κ2) is 7.23. The molecule has 2 amide bonds. The lowest BCUT2D eigenvalue weighted by Crippen LogP contribution is -2.31. The zero-order valence-electron chi connectivity index (χ0n) is 15.2. The summed E-state index contributed by atoms with van der Waals surface area (Å²) in [6, 6.07) is 4.84. The second-order valence-electron chi connectivity index (χ2n) is 6.56. The summed E-state index contributed by atoms with van der Waals surface area (Å²) in [5.41, 5.74) is 3.49. The van der Waals surface area contributed by atoms with Crippen molar-refractivity contribution >= 4 is 17.5 Å². The van der Waals surface area contributed by atoms with Crippen LogP contribution >= 0.6 is 0 Å². The van der Waals surface area contributed by atoms with E-state index >= 15 is 0 Å². The van der Waals surface area contributed by atoms with Crippen molar-refractivity contribution in [1.82, 2.24) is 10.3 Å². The highest BCUT2D eigenvalue weighted by atomic mass is 19.1. The van der Waals surface area contributed by atoms with Crippen molar-refractivity contribution in [2.45, 2.75) is 39.2 Å². The average Bonchev–Trinajstić information content (AvgIpc) is 2.64. The van der Waals surface area contributed by atoms with Gasteiger partial charge in [0.2, 0.25) is 11.8 Å². The Morgan fingerprint density at radius 1 is 1.31 bits per heavy atom. The molecule has 0 saturated carbocycles. The molecule has 0 spiro atoms. The molecule has 1 aliphatic rings. The zero-order chi connectivity index (χ0) is 18.8. The molecule has 6 heteroatoms. The van der Waals surface area contributed by atoms with E-state index < -0.39 is 5.82 Å². The molecule has 2 heterocycles. The van der Waals surface area contributed by atoms with Crippen LogP contribution in [0.15, 0.2) is 30.6 Å². The number of nitrogens with zero attached hydrogens (tertiary/aromatic N) is 2. The maximum absolute atomic E-state index is 14.7. The van der Waals surface area contributed by atoms with Crippen LogP contribution in [-0.2, 0) is 16.0 Å². The van der Waals surface area contributed by atoms with E-state index in [1.54, 1.807) is 32.4 Å². The van der Waals surface area contributed by atoms with E-state index in [0.29, 0.717) is 36.1 Å². The molecule has 2 aromatic rings. The van der Waals surface area contributed by atoms with Gasteiger partial charge in [0, 0.05) is 49.1 Å². The Morgan fingerprint density at radius 3 is 2.81 bits per heavy atom. The van der Waals surface area contributed by atoms with E-state index in [4.69, 9.17) is 0 Å². The molecule has 1 atom stereocenters. The molecule has 0 saturated heterocycles. The number of halogens is 1. The van der Waals surface area contributed by atoms with Crippen LogP contribution in [0.3, 0.4) is 0 Å². The Labute approximate surface area is 152 Å². The molecule has 0 radical (unpaired) electrons. The molecule has 1 N–H and O–H groups in total. The van der Waals surface area contributed by atoms with Crippen molar-refractivity contribution in [3.05, 3.63) is 47.5 Å². The van der Waals surface area contributed by atoms with Gasteiger partial charge in [0.05, 0.1) is 6.04 Å². The number of anilines is 1. The molecule has 0 bridgehead atoms. The first-order chi connectivity index (χ1) is 12.4. The molecule has 0 aliphatic carbocycles. The van der Waals surface area contributed by atoms with Crippen LogP contribution in [0.4, 0.5) is 10.1 Å². The predicted molar refractivity (Wildman–Crippen MR) is 98.2 cm³/mol. The van der Waals surface area contributed by atoms with E-state index in [0.717, 1.165) is 11.1 Å². The molecular weight excluding hydrogens is 333 g/mol. The third kappa shape index (κ3) is 3.45. The van der Waals surface area contributed by atoms with Gasteiger partial charge in [-0.15, -0.1) is 0 Å². The van der Waals surface area contributed by atoms with Crippen LogP contribution in [0.25, 0.3) is 11.1 Å². The molecule has 26 heavy (non-hydrogen) atoms. The molecule has 1 unspecified atom stereocenters. The van der Waals surface area contributed by atoms with Gasteiger partial charge in [0.1, 0.15) is 5.82 Å². The van der Waals surface area contributed by atoms with E-state index in [9.17, 15) is 14.0 Å². The predicted octanol–water partition coefficient (Wildman–Crippen LogP) is 3.38. The van der Waals surface area contributed by atoms with Crippen LogP contribution in [-0.4, -0.2) is 23.8 Å². The zero-order valence-corrected chi connectivity index (χ0v) is 15.2. The first-order valence-electron chi connectivity index (χ1n) is 8.74. The molecule has 1 aromatic heterocycles. The minimum Gasteiger partial charge on any atom is -0.350 e. The van der Waals surface area contributed by atoms with Crippen molar-refractivity contribution in [3.63, 3.8) is 0 Å². The number of rotatable bonds is 4. The largest absolute Gasteiger partial charge is 0.350 e. The smallest absolute Gasteiger partial charge is 0.227 e. The molecule has 0 fully saturated rings. The van der Waals surface area contributed by atoms with Crippen LogP contribution in [0.2, 0.25) is 0 Å². The van der Waals surface area contributed by atoms with Crippen molar-refractivity contribution in [2.24, 2.45) is 0 Å². The highest BCUT2D eigenvalue weighted by Crippen LogP contribution is 2.34. The highest BCUT2D eigenvalue weighted by Gasteiger charge is 2.23. The van der Waals surface area contributed by atoms with Crippen LogP contribution in [0.1, 0.15) is 43.9 Å². The number of hydrogen-bond acceptors (Lipinski definition) is 3. The molecular formula is C20H22FN3O2. The van der Waals surface area contributed by atoms with Gasteiger partial charge >= 0.3 is 0 Å². The van der Waals surface area contributed by atoms with Gasteiger partial charge in [-0.1, -0.05) is 6.92 Å². The SMILES string of the molecule is CCC(=O)NC(C)c1cncc(-c2cc3c(cc2F)N(C)C(=O)CC3)c1. The Kier molecular flexibility index (Phi) is 5.02. The maximum Gasteiger partial charge on any atom is 0.227 e. The van der Waals surface area contributed by atoms with Crippen LogP contribution in [0.5, 0.6) is 0 Å². The normalized spacial score (nSPS) is 14.8. The Bertz CT molecular complexity index is 866. The third-order valence-corrected chi connectivity index (χ3v) is 4.78. The van der Waals surface area contributed by atoms with Crippen LogP contribution < -0.4 is 10.2 Å². The standard InChI is InChI=1S/C20H22FN3O2/c1-4-19(25)23-12(2)14-7-15(11-22-10-14)16-8-13-5-6-20(26)24(3)18(13)9-17(16)21/h7-12H,4-6H2,1-3H3,(H,23,25). The summed E-state index contributed by atoms with van der Waals surface area (Å²) in [4.78, 5) is 29.1. The summed E-state index contributed by atoms with van der Waals surface area (Å²) in [7, 11) is 1.67. The summed E-state index contributed by atoms with van der Waals surface area (Å²) in [5, 5.41) is 2.88. The van der Waals surface area contributed by atoms with Gasteiger partial charge in [0.25, 0.3) is 0 Å². The second-order valence-corrected chi connectivity index (χ2v) is 6.56. The summed E-state index contributed by atoms with van der Waals surface area (Å²) in [6.45, 7) is 3.67. The molecule has 1 aromatic carbocycles. The number of aromatic nitrogens is 1. The number of hydrogen-bond donors (Lipinski definition) is 1. The lowest BCUT2D eigenvalue weighted by Gasteiger charge is -2.26. The van der Waals surface area contributed by atoms with Gasteiger partial charge in [-0.2, -0.15) is 0 Å². The molecule has 5 nitrogen and oxygen atoms in total. The molecule has 136 valence electrons. The summed E-state index contributed by atoms with van der Waals surface area (Å²) >= 11 is 0. The van der Waals surface area contributed by atoms with Gasteiger partial charge in [-0.05, 0) is 42.7 Å². The van der Waals surface area contributed by atoms with E-state index in [-0.39, 0.29) is 17.9 Å². The lowest BCUT2D eigenvalue weighted by molar-refractivity contribution is -0.121. The quantitative estimate of drug-likeness (QED) is 0.914. The van der Waals surface area contributed by atoms with Gasteiger partial charge in [-0.25, -0.2) is 4.39 Å². The Hall–Kier alpha value is -2.76. The number of nitrogens with one attached hydrogen (secondary N) is 1. The van der Waals surface area contributed by atoms with Gasteiger partial charge in [0.15, 0.2) is 0 Å². The van der Waals surface area contributed by atoms with E-state index in [2.05, 4.69) is 10.3 Å². The fourth-order valence-electron chi connectivity index (χ4n) is 3.15. The summed E-state index contributed by atoms with van der Waals surface area (Å²) in [5.74, 6) is -0.445. The topological polar surface area (TPSA) is 62.3 Å². The number of carbonyl (C=O) groups is 2. The van der Waals surface area contributed by atoms with Gasteiger partial charge < -0.3 is 10.2 Å². The Morgan fingerprint density at radius 2 is 2.08 bits per heavy atom. The number of carbonyl (C=O) groups excluding carboxylic acids is 2. The average molecular weight is 355 g/mol. The number of fused-ring (bicyclic) bond motifs is 1. The molecule has 1 aliphatic heterocycles. The van der Waals surface area contributed by atoms with Crippen LogP contribution in [0, 0.1) is 5.82 Å². The van der Waals surface area contributed by atoms with E-state index in [1.165, 1.54) is 11.0 Å². The fourth-order valence-corrected chi connectivity index (χ4v) is 3.15. The van der Waals surface area contributed by atoms with Crippen molar-refractivity contribution in [1.29, 1.82) is 0 Å². The Balaban J connectivity index is 1.96. The lowest BCUT2D eigenvalue weighted by atomic mass is 9.95.